The Morgan fingerprint density at radius 2 is 2.04 bits per heavy atom. The first kappa shape index (κ1) is 18.9. The van der Waals surface area contributed by atoms with Gasteiger partial charge in [0.2, 0.25) is 15.9 Å². The second kappa shape index (κ2) is 8.20. The van der Waals surface area contributed by atoms with E-state index in [0.717, 1.165) is 11.3 Å². The van der Waals surface area contributed by atoms with Crippen molar-refractivity contribution in [3.05, 3.63) is 47.3 Å². The first-order chi connectivity index (χ1) is 12.5. The van der Waals surface area contributed by atoms with Gasteiger partial charge < -0.3 is 9.64 Å². The Morgan fingerprint density at radius 1 is 1.27 bits per heavy atom. The summed E-state index contributed by atoms with van der Waals surface area (Å²) in [5, 5.41) is 1.74. The molecule has 1 N–H and O–H groups in total. The Labute approximate surface area is 157 Å². The van der Waals surface area contributed by atoms with E-state index in [9.17, 15) is 13.2 Å². The molecule has 8 heteroatoms. The van der Waals surface area contributed by atoms with Gasteiger partial charge in [0.05, 0.1) is 13.5 Å². The molecule has 1 aromatic carbocycles. The van der Waals surface area contributed by atoms with Crippen LogP contribution in [0, 0.1) is 0 Å². The highest BCUT2D eigenvalue weighted by Crippen LogP contribution is 2.20. The average molecular weight is 395 g/mol. The highest BCUT2D eigenvalue weighted by molar-refractivity contribution is 7.91. The molecule has 1 saturated heterocycles. The SMILES string of the molecule is COc1cccc(CC(=O)N2CCC(NS(=O)(=O)c3cccs3)CC2)c1. The van der Waals surface area contributed by atoms with Crippen LogP contribution in [0.4, 0.5) is 0 Å². The van der Waals surface area contributed by atoms with E-state index in [1.165, 1.54) is 11.3 Å². The van der Waals surface area contributed by atoms with Gasteiger partial charge in [-0.15, -0.1) is 11.3 Å². The molecule has 3 rings (SSSR count). The van der Waals surface area contributed by atoms with E-state index < -0.39 is 10.0 Å². The maximum atomic E-state index is 12.5. The quantitative estimate of drug-likeness (QED) is 0.816. The topological polar surface area (TPSA) is 75.7 Å². The smallest absolute Gasteiger partial charge is 0.250 e. The van der Waals surface area contributed by atoms with E-state index in [1.54, 1.807) is 29.5 Å². The van der Waals surface area contributed by atoms with E-state index >= 15 is 0 Å². The zero-order valence-electron chi connectivity index (χ0n) is 14.6. The van der Waals surface area contributed by atoms with Gasteiger partial charge >= 0.3 is 0 Å². The number of sulfonamides is 1. The molecular formula is C18H22N2O4S2. The summed E-state index contributed by atoms with van der Waals surface area (Å²) in [5.41, 5.74) is 0.912. The number of benzene rings is 1. The Balaban J connectivity index is 1.52. The normalized spacial score (nSPS) is 15.8. The Bertz CT molecular complexity index is 842. The minimum Gasteiger partial charge on any atom is -0.497 e. The number of hydrogen-bond acceptors (Lipinski definition) is 5. The van der Waals surface area contributed by atoms with Gasteiger partial charge in [-0.2, -0.15) is 0 Å². The maximum absolute atomic E-state index is 12.5. The number of carbonyl (C=O) groups is 1. The Morgan fingerprint density at radius 3 is 2.69 bits per heavy atom. The van der Waals surface area contributed by atoms with Gasteiger partial charge in [0, 0.05) is 19.1 Å². The summed E-state index contributed by atoms with van der Waals surface area (Å²) in [6.07, 6.45) is 1.56. The number of nitrogens with one attached hydrogen (secondary N) is 1. The lowest BCUT2D eigenvalue weighted by Gasteiger charge is -2.32. The van der Waals surface area contributed by atoms with Gasteiger partial charge in [0.25, 0.3) is 0 Å². The molecule has 1 aliphatic heterocycles. The lowest BCUT2D eigenvalue weighted by Crippen LogP contribution is -2.46. The number of amides is 1. The number of rotatable bonds is 6. The molecule has 0 atom stereocenters. The molecule has 6 nitrogen and oxygen atoms in total. The number of hydrogen-bond donors (Lipinski definition) is 1. The van der Waals surface area contributed by atoms with Crippen molar-refractivity contribution in [2.24, 2.45) is 0 Å². The molecule has 0 unspecified atom stereocenters. The predicted octanol–water partition coefficient (Wildman–Crippen LogP) is 2.27. The van der Waals surface area contributed by atoms with Crippen LogP contribution >= 0.6 is 11.3 Å². The van der Waals surface area contributed by atoms with Crippen LogP contribution in [-0.2, 0) is 21.2 Å². The van der Waals surface area contributed by atoms with Crippen LogP contribution in [0.3, 0.4) is 0 Å². The second-order valence-corrected chi connectivity index (χ2v) is 9.13. The highest BCUT2D eigenvalue weighted by Gasteiger charge is 2.27. The number of carbonyl (C=O) groups excluding carboxylic acids is 1. The van der Waals surface area contributed by atoms with E-state index in [0.29, 0.717) is 36.6 Å². The molecule has 2 heterocycles. The summed E-state index contributed by atoms with van der Waals surface area (Å²) >= 11 is 1.20. The minimum atomic E-state index is -3.46. The number of nitrogens with zero attached hydrogens (tertiary/aromatic N) is 1. The lowest BCUT2D eigenvalue weighted by molar-refractivity contribution is -0.131. The van der Waals surface area contributed by atoms with Crippen LogP contribution in [-0.4, -0.2) is 45.5 Å². The van der Waals surface area contributed by atoms with E-state index in [4.69, 9.17) is 4.74 Å². The standard InChI is InChI=1S/C18H22N2O4S2/c1-24-16-5-2-4-14(12-16)13-17(21)20-9-7-15(8-10-20)19-26(22,23)18-6-3-11-25-18/h2-6,11-12,15,19H,7-10,13H2,1H3. The number of thiophene rings is 1. The Kier molecular flexibility index (Phi) is 5.95. The second-order valence-electron chi connectivity index (χ2n) is 6.24. The van der Waals surface area contributed by atoms with Crippen molar-refractivity contribution in [3.8, 4) is 5.75 Å². The van der Waals surface area contributed by atoms with Crippen LogP contribution in [0.1, 0.15) is 18.4 Å². The van der Waals surface area contributed by atoms with Crippen LogP contribution in [0.5, 0.6) is 5.75 Å². The van der Waals surface area contributed by atoms with Gasteiger partial charge in [-0.1, -0.05) is 18.2 Å². The fourth-order valence-electron chi connectivity index (χ4n) is 3.01. The average Bonchev–Trinajstić information content (AvgIpc) is 3.18. The highest BCUT2D eigenvalue weighted by atomic mass is 32.2. The van der Waals surface area contributed by atoms with Gasteiger partial charge in [0.15, 0.2) is 0 Å². The molecule has 0 saturated carbocycles. The molecule has 1 aliphatic rings. The van der Waals surface area contributed by atoms with Gasteiger partial charge in [-0.25, -0.2) is 13.1 Å². The zero-order valence-corrected chi connectivity index (χ0v) is 16.2. The first-order valence-electron chi connectivity index (χ1n) is 8.44. The van der Waals surface area contributed by atoms with Crippen LogP contribution < -0.4 is 9.46 Å². The minimum absolute atomic E-state index is 0.0535. The number of ether oxygens (including phenoxy) is 1. The summed E-state index contributed by atoms with van der Waals surface area (Å²) in [5.74, 6) is 0.787. The molecule has 1 fully saturated rings. The summed E-state index contributed by atoms with van der Waals surface area (Å²) in [6.45, 7) is 1.11. The third-order valence-corrected chi connectivity index (χ3v) is 7.34. The van der Waals surface area contributed by atoms with E-state index in [-0.39, 0.29) is 11.9 Å². The van der Waals surface area contributed by atoms with Gasteiger partial charge in [-0.3, -0.25) is 4.79 Å². The van der Waals surface area contributed by atoms with Crippen molar-refractivity contribution in [3.63, 3.8) is 0 Å². The first-order valence-corrected chi connectivity index (χ1v) is 10.8. The Hall–Kier alpha value is -1.90. The molecule has 0 bridgehead atoms. The zero-order chi connectivity index (χ0) is 18.6. The lowest BCUT2D eigenvalue weighted by atomic mass is 10.0. The molecule has 2 aromatic rings. The van der Waals surface area contributed by atoms with Crippen LogP contribution in [0.2, 0.25) is 0 Å². The maximum Gasteiger partial charge on any atom is 0.250 e. The monoisotopic (exact) mass is 394 g/mol. The fourth-order valence-corrected chi connectivity index (χ4v) is 5.32. The summed E-state index contributed by atoms with van der Waals surface area (Å²) < 4.78 is 32.8. The third kappa shape index (κ3) is 4.63. The molecule has 0 spiro atoms. The van der Waals surface area contributed by atoms with E-state index in [2.05, 4.69) is 4.72 Å². The molecule has 140 valence electrons. The van der Waals surface area contributed by atoms with Crippen LogP contribution in [0.15, 0.2) is 46.0 Å². The number of likely N-dealkylation sites (tertiary alicyclic amines) is 1. The molecule has 0 radical (unpaired) electrons. The summed E-state index contributed by atoms with van der Waals surface area (Å²) in [4.78, 5) is 14.3. The molecule has 26 heavy (non-hydrogen) atoms. The largest absolute Gasteiger partial charge is 0.497 e. The van der Waals surface area contributed by atoms with Gasteiger partial charge in [-0.05, 0) is 42.0 Å². The van der Waals surface area contributed by atoms with Crippen molar-refractivity contribution >= 4 is 27.3 Å². The molecule has 1 amide bonds. The molecule has 0 aliphatic carbocycles. The predicted molar refractivity (Wildman–Crippen MR) is 101 cm³/mol. The number of methoxy groups -OCH3 is 1. The van der Waals surface area contributed by atoms with Crippen molar-refractivity contribution < 1.29 is 17.9 Å². The summed E-state index contributed by atoms with van der Waals surface area (Å²) in [7, 11) is -1.86. The van der Waals surface area contributed by atoms with Crippen molar-refractivity contribution in [1.29, 1.82) is 0 Å². The third-order valence-electron chi connectivity index (χ3n) is 4.42. The van der Waals surface area contributed by atoms with E-state index in [1.807, 2.05) is 24.3 Å². The number of piperidine rings is 1. The van der Waals surface area contributed by atoms with Crippen molar-refractivity contribution in [1.82, 2.24) is 9.62 Å². The summed E-state index contributed by atoms with van der Waals surface area (Å²) in [6, 6.07) is 10.7. The van der Waals surface area contributed by atoms with Crippen LogP contribution in [0.25, 0.3) is 0 Å². The fraction of sp³-hybridized carbons (Fsp3) is 0.389. The van der Waals surface area contributed by atoms with Gasteiger partial charge in [0.1, 0.15) is 9.96 Å². The molecular weight excluding hydrogens is 372 g/mol. The van der Waals surface area contributed by atoms with Crippen molar-refractivity contribution in [2.45, 2.75) is 29.5 Å². The molecule has 1 aromatic heterocycles. The van der Waals surface area contributed by atoms with Crippen molar-refractivity contribution in [2.75, 3.05) is 20.2 Å².